The molecule has 0 aliphatic heterocycles. The second-order valence-electron chi connectivity index (χ2n) is 6.23. The monoisotopic (exact) mass is 395 g/mol. The third-order valence-corrected chi connectivity index (χ3v) is 4.20. The van der Waals surface area contributed by atoms with Crippen molar-refractivity contribution in [2.45, 2.75) is 19.0 Å². The van der Waals surface area contributed by atoms with Gasteiger partial charge in [-0.05, 0) is 35.7 Å². The van der Waals surface area contributed by atoms with Crippen molar-refractivity contribution in [2.24, 2.45) is 5.92 Å². The second kappa shape index (κ2) is 9.25. The number of amides is 1. The number of rotatable bonds is 8. The quantitative estimate of drug-likeness (QED) is 0.719. The van der Waals surface area contributed by atoms with Crippen LogP contribution in [0.5, 0.6) is 5.75 Å². The van der Waals surface area contributed by atoms with Gasteiger partial charge in [-0.1, -0.05) is 30.3 Å². The van der Waals surface area contributed by atoms with E-state index in [1.54, 1.807) is 24.3 Å². The van der Waals surface area contributed by atoms with Crippen LogP contribution in [0.1, 0.15) is 16.7 Å². The maximum absolute atomic E-state index is 12.6. The number of carboxylic acid groups (broad SMARTS) is 1. The number of carboxylic acids is 1. The van der Waals surface area contributed by atoms with Crippen molar-refractivity contribution in [1.82, 2.24) is 5.32 Å². The first kappa shape index (κ1) is 21.3. The Balaban J connectivity index is 1.94. The number of carbonyl (C=O) groups excluding carboxylic acids is 1. The first-order valence-corrected chi connectivity index (χ1v) is 8.48. The van der Waals surface area contributed by atoms with Crippen molar-refractivity contribution < 1.29 is 32.6 Å². The number of nitrogens with one attached hydrogen (secondary N) is 1. The number of halogens is 3. The molecule has 0 aliphatic rings. The minimum atomic E-state index is -4.44. The maximum Gasteiger partial charge on any atom is 0.416 e. The molecule has 0 radical (unpaired) electrons. The van der Waals surface area contributed by atoms with Crippen LogP contribution in [0.25, 0.3) is 0 Å². The third-order valence-electron chi connectivity index (χ3n) is 4.20. The summed E-state index contributed by atoms with van der Waals surface area (Å²) in [6, 6.07) is 11.3. The van der Waals surface area contributed by atoms with Crippen LogP contribution in [-0.4, -0.2) is 30.6 Å². The van der Waals surface area contributed by atoms with Crippen molar-refractivity contribution >= 4 is 11.9 Å². The van der Waals surface area contributed by atoms with E-state index in [1.807, 2.05) is 0 Å². The zero-order valence-electron chi connectivity index (χ0n) is 15.1. The van der Waals surface area contributed by atoms with Crippen molar-refractivity contribution in [2.75, 3.05) is 13.7 Å². The van der Waals surface area contributed by atoms with E-state index in [1.165, 1.54) is 19.2 Å². The van der Waals surface area contributed by atoms with Crippen LogP contribution in [0.3, 0.4) is 0 Å². The lowest BCUT2D eigenvalue weighted by molar-refractivity contribution is -0.141. The molecule has 0 heterocycles. The van der Waals surface area contributed by atoms with Gasteiger partial charge in [0.05, 0.1) is 25.0 Å². The van der Waals surface area contributed by atoms with Crippen molar-refractivity contribution in [3.63, 3.8) is 0 Å². The molecule has 2 aromatic rings. The van der Waals surface area contributed by atoms with Gasteiger partial charge in [0.25, 0.3) is 0 Å². The molecule has 28 heavy (non-hydrogen) atoms. The van der Waals surface area contributed by atoms with Crippen molar-refractivity contribution in [3.8, 4) is 5.75 Å². The van der Waals surface area contributed by atoms with Crippen molar-refractivity contribution in [1.29, 1.82) is 0 Å². The summed E-state index contributed by atoms with van der Waals surface area (Å²) in [7, 11) is 1.49. The van der Waals surface area contributed by atoms with Gasteiger partial charge in [0.15, 0.2) is 0 Å². The molecule has 2 N–H and O–H groups in total. The van der Waals surface area contributed by atoms with Gasteiger partial charge in [-0.25, -0.2) is 0 Å². The lowest BCUT2D eigenvalue weighted by Crippen LogP contribution is -2.35. The lowest BCUT2D eigenvalue weighted by atomic mass is 9.98. The highest BCUT2D eigenvalue weighted by Gasteiger charge is 2.30. The highest BCUT2D eigenvalue weighted by molar-refractivity contribution is 5.79. The molecule has 0 saturated carbocycles. The maximum atomic E-state index is 12.6. The number of methoxy groups -OCH3 is 1. The zero-order valence-corrected chi connectivity index (χ0v) is 15.1. The fourth-order valence-electron chi connectivity index (χ4n) is 2.68. The third kappa shape index (κ3) is 6.00. The number of aliphatic carboxylic acids is 1. The molecule has 0 saturated heterocycles. The zero-order chi connectivity index (χ0) is 20.7. The van der Waals surface area contributed by atoms with Crippen LogP contribution in [0.15, 0.2) is 48.5 Å². The molecule has 0 bridgehead atoms. The standard InChI is InChI=1S/C20H20F3NO4/c1-28-17-5-3-2-4-14(17)11-15(19(26)27)12-24-18(25)10-13-6-8-16(9-7-13)20(21,22)23/h2-9,15H,10-12H2,1H3,(H,24,25)(H,26,27). The SMILES string of the molecule is COc1ccccc1CC(CNC(=O)Cc1ccc(C(F)(F)F)cc1)C(=O)O. The van der Waals surface area contributed by atoms with Gasteiger partial charge < -0.3 is 15.2 Å². The summed E-state index contributed by atoms with van der Waals surface area (Å²) in [6.07, 6.45) is -4.41. The summed E-state index contributed by atoms with van der Waals surface area (Å²) in [4.78, 5) is 23.6. The molecule has 0 fully saturated rings. The molecular formula is C20H20F3NO4. The second-order valence-corrected chi connectivity index (χ2v) is 6.23. The van der Waals surface area contributed by atoms with Crippen LogP contribution in [0.4, 0.5) is 13.2 Å². The van der Waals surface area contributed by atoms with Gasteiger partial charge in [0, 0.05) is 6.54 Å². The first-order chi connectivity index (χ1) is 13.2. The van der Waals surface area contributed by atoms with E-state index in [9.17, 15) is 27.9 Å². The van der Waals surface area contributed by atoms with Gasteiger partial charge in [0.2, 0.25) is 5.91 Å². The lowest BCUT2D eigenvalue weighted by Gasteiger charge is -2.15. The summed E-state index contributed by atoms with van der Waals surface area (Å²) in [5, 5.41) is 11.9. The molecule has 0 spiro atoms. The Labute approximate surface area is 160 Å². The van der Waals surface area contributed by atoms with Crippen LogP contribution < -0.4 is 10.1 Å². The molecular weight excluding hydrogens is 375 g/mol. The van der Waals surface area contributed by atoms with Gasteiger partial charge in [-0.15, -0.1) is 0 Å². The van der Waals surface area contributed by atoms with E-state index < -0.39 is 29.5 Å². The molecule has 1 atom stereocenters. The van der Waals surface area contributed by atoms with Crippen molar-refractivity contribution in [3.05, 3.63) is 65.2 Å². The average molecular weight is 395 g/mol. The Morgan fingerprint density at radius 2 is 1.75 bits per heavy atom. The Bertz CT molecular complexity index is 819. The summed E-state index contributed by atoms with van der Waals surface area (Å²) in [5.74, 6) is -1.84. The van der Waals surface area contributed by atoms with Gasteiger partial charge >= 0.3 is 12.1 Å². The average Bonchev–Trinajstić information content (AvgIpc) is 2.64. The molecule has 2 rings (SSSR count). The van der Waals surface area contributed by atoms with E-state index >= 15 is 0 Å². The molecule has 150 valence electrons. The number of hydrogen-bond acceptors (Lipinski definition) is 3. The van der Waals surface area contributed by atoms with E-state index in [0.29, 0.717) is 16.9 Å². The number of alkyl halides is 3. The van der Waals surface area contributed by atoms with Crippen LogP contribution in [-0.2, 0) is 28.6 Å². The minimum Gasteiger partial charge on any atom is -0.496 e. The summed E-state index contributed by atoms with van der Waals surface area (Å²) in [5.41, 5.74) is 0.316. The molecule has 8 heteroatoms. The molecule has 5 nitrogen and oxygen atoms in total. The van der Waals surface area contributed by atoms with Crippen LogP contribution >= 0.6 is 0 Å². The molecule has 1 unspecified atom stereocenters. The molecule has 0 aromatic heterocycles. The summed E-state index contributed by atoms with van der Waals surface area (Å²) in [6.45, 7) is -0.104. The Hall–Kier alpha value is -3.03. The highest BCUT2D eigenvalue weighted by Crippen LogP contribution is 2.29. The molecule has 1 amide bonds. The number of carbonyl (C=O) groups is 2. The number of hydrogen-bond donors (Lipinski definition) is 2. The molecule has 0 aliphatic carbocycles. The Kier molecular flexibility index (Phi) is 7.03. The van der Waals surface area contributed by atoms with Gasteiger partial charge in [-0.2, -0.15) is 13.2 Å². The number of ether oxygens (including phenoxy) is 1. The normalized spacial score (nSPS) is 12.3. The van der Waals surface area contributed by atoms with Gasteiger partial charge in [0.1, 0.15) is 5.75 Å². The Morgan fingerprint density at radius 3 is 2.32 bits per heavy atom. The molecule has 2 aromatic carbocycles. The smallest absolute Gasteiger partial charge is 0.416 e. The van der Waals surface area contributed by atoms with E-state index in [2.05, 4.69) is 5.32 Å². The van der Waals surface area contributed by atoms with E-state index in [4.69, 9.17) is 4.74 Å². The minimum absolute atomic E-state index is 0.104. The van der Waals surface area contributed by atoms with Gasteiger partial charge in [-0.3, -0.25) is 9.59 Å². The van der Waals surface area contributed by atoms with E-state index in [0.717, 1.165) is 12.1 Å². The Morgan fingerprint density at radius 1 is 1.11 bits per heavy atom. The highest BCUT2D eigenvalue weighted by atomic mass is 19.4. The van der Waals surface area contributed by atoms with Crippen LogP contribution in [0, 0.1) is 5.92 Å². The fraction of sp³-hybridized carbons (Fsp3) is 0.300. The largest absolute Gasteiger partial charge is 0.496 e. The fourth-order valence-corrected chi connectivity index (χ4v) is 2.68. The predicted octanol–water partition coefficient (Wildman–Crippen LogP) is 3.32. The first-order valence-electron chi connectivity index (χ1n) is 8.48. The van der Waals surface area contributed by atoms with Crippen LogP contribution in [0.2, 0.25) is 0 Å². The predicted molar refractivity (Wildman–Crippen MR) is 96.0 cm³/mol. The number of para-hydroxylation sites is 1. The number of benzene rings is 2. The van der Waals surface area contributed by atoms with E-state index in [-0.39, 0.29) is 19.4 Å². The topological polar surface area (TPSA) is 75.6 Å². The summed E-state index contributed by atoms with van der Waals surface area (Å²) >= 11 is 0. The summed E-state index contributed by atoms with van der Waals surface area (Å²) < 4.78 is 42.9.